The molecule has 0 atom stereocenters. The van der Waals surface area contributed by atoms with Gasteiger partial charge >= 0.3 is 0 Å². The highest BCUT2D eigenvalue weighted by Gasteiger charge is 2.33. The van der Waals surface area contributed by atoms with Crippen LogP contribution in [0.25, 0.3) is 0 Å². The van der Waals surface area contributed by atoms with Crippen LogP contribution in [0.1, 0.15) is 41.5 Å². The van der Waals surface area contributed by atoms with Crippen molar-refractivity contribution in [2.75, 3.05) is 12.7 Å². The molecular weight excluding hydrogens is 187 g/mol. The van der Waals surface area contributed by atoms with Gasteiger partial charge in [-0.3, -0.25) is 0 Å². The van der Waals surface area contributed by atoms with Gasteiger partial charge in [-0.2, -0.15) is 0 Å². The van der Waals surface area contributed by atoms with Crippen LogP contribution in [0.3, 0.4) is 0 Å². The van der Waals surface area contributed by atoms with Crippen molar-refractivity contribution in [1.29, 1.82) is 0 Å². The first-order valence-electron chi connectivity index (χ1n) is 5.68. The van der Waals surface area contributed by atoms with Crippen molar-refractivity contribution >= 4 is 23.0 Å². The molecule has 0 heterocycles. The lowest BCUT2D eigenvalue weighted by molar-refractivity contribution is 0.701. The molecule has 0 unspecified atom stereocenters. The first kappa shape index (κ1) is 14.5. The molecule has 0 fully saturated rings. The van der Waals surface area contributed by atoms with Crippen molar-refractivity contribution in [3.63, 3.8) is 0 Å². The van der Waals surface area contributed by atoms with Crippen LogP contribution in [0.15, 0.2) is 0 Å². The molecule has 0 bridgehead atoms. The van der Waals surface area contributed by atoms with E-state index in [1.54, 1.807) is 0 Å². The van der Waals surface area contributed by atoms with Crippen molar-refractivity contribution in [2.45, 2.75) is 51.9 Å². The van der Waals surface area contributed by atoms with Gasteiger partial charge in [0.05, 0.1) is 7.74 Å². The van der Waals surface area contributed by atoms with Crippen molar-refractivity contribution < 1.29 is 0 Å². The van der Waals surface area contributed by atoms with Gasteiger partial charge < -0.3 is 5.23 Å². The first-order valence-corrected chi connectivity index (χ1v) is 7.20. The lowest BCUT2D eigenvalue weighted by Crippen LogP contribution is -2.31. The van der Waals surface area contributed by atoms with Gasteiger partial charge in [0.1, 0.15) is 0 Å². The molecule has 1 N–H and O–H groups in total. The van der Waals surface area contributed by atoms with Crippen molar-refractivity contribution in [3.05, 3.63) is 0 Å². The summed E-state index contributed by atoms with van der Waals surface area (Å²) in [5.41, 5.74) is 0. The minimum atomic E-state index is 0.0831. The van der Waals surface area contributed by atoms with Crippen LogP contribution in [0.5, 0.6) is 0 Å². The van der Waals surface area contributed by atoms with Gasteiger partial charge in [-0.1, -0.05) is 49.5 Å². The molecule has 0 spiro atoms. The van der Waals surface area contributed by atoms with Crippen molar-refractivity contribution in [2.24, 2.45) is 0 Å². The summed E-state index contributed by atoms with van der Waals surface area (Å²) < 4.78 is 0. The SMILES string of the molecule is BBNCCP(C(C)(C)C)C(C)(C)C. The molecule has 0 saturated heterocycles. The third-order valence-electron chi connectivity index (χ3n) is 2.38. The molecule has 0 aliphatic rings. The zero-order chi connectivity index (χ0) is 11.4. The Balaban J connectivity index is 4.28. The molecule has 0 aromatic rings. The molecule has 14 heavy (non-hydrogen) atoms. The Morgan fingerprint density at radius 2 is 1.50 bits per heavy atom. The van der Waals surface area contributed by atoms with Crippen LogP contribution >= 0.6 is 7.92 Å². The highest BCUT2D eigenvalue weighted by atomic mass is 31.1. The number of nitrogens with one attached hydrogen (secondary N) is 1. The Hall–Kier alpha value is 0.520. The molecule has 82 valence electrons. The zero-order valence-corrected chi connectivity index (χ0v) is 12.0. The predicted molar refractivity (Wildman–Crippen MR) is 75.0 cm³/mol. The largest absolute Gasteiger partial charge is 0.366 e. The highest BCUT2D eigenvalue weighted by Crippen LogP contribution is 2.58. The Kier molecular flexibility index (Phi) is 5.77. The molecule has 0 amide bonds. The first-order chi connectivity index (χ1) is 6.19. The van der Waals surface area contributed by atoms with Crippen LogP contribution in [-0.4, -0.2) is 38.1 Å². The van der Waals surface area contributed by atoms with Gasteiger partial charge in [0, 0.05) is 0 Å². The Bertz CT molecular complexity index is 146. The van der Waals surface area contributed by atoms with E-state index >= 15 is 0 Å². The van der Waals surface area contributed by atoms with Crippen molar-refractivity contribution in [1.82, 2.24) is 5.23 Å². The Labute approximate surface area is 93.2 Å². The van der Waals surface area contributed by atoms with Gasteiger partial charge in [0.2, 0.25) is 0 Å². The second-order valence-electron chi connectivity index (χ2n) is 5.85. The maximum absolute atomic E-state index is 3.44. The van der Waals surface area contributed by atoms with E-state index in [9.17, 15) is 0 Å². The van der Waals surface area contributed by atoms with Crippen LogP contribution < -0.4 is 5.23 Å². The molecule has 0 radical (unpaired) electrons. The van der Waals surface area contributed by atoms with Gasteiger partial charge in [-0.15, -0.1) is 0 Å². The second kappa shape index (κ2) is 5.56. The second-order valence-corrected chi connectivity index (χ2v) is 9.83. The van der Waals surface area contributed by atoms with Crippen LogP contribution in [0.2, 0.25) is 0 Å². The minimum Gasteiger partial charge on any atom is -0.366 e. The summed E-state index contributed by atoms with van der Waals surface area (Å²) in [6.07, 6.45) is 1.34. The van der Waals surface area contributed by atoms with Crippen LogP contribution in [0.4, 0.5) is 0 Å². The minimum absolute atomic E-state index is 0.0831. The average Bonchev–Trinajstić information content (AvgIpc) is 1.92. The van der Waals surface area contributed by atoms with E-state index < -0.39 is 0 Å². The van der Waals surface area contributed by atoms with E-state index in [0.29, 0.717) is 10.3 Å². The maximum atomic E-state index is 3.44. The molecule has 0 aliphatic heterocycles. The fraction of sp³-hybridized carbons (Fsp3) is 1.00. The summed E-state index contributed by atoms with van der Waals surface area (Å²) in [6.45, 7) is 15.5. The lowest BCUT2D eigenvalue weighted by atomic mass is 9.67. The van der Waals surface area contributed by atoms with Crippen molar-refractivity contribution in [3.8, 4) is 0 Å². The molecule has 0 aromatic heterocycles. The van der Waals surface area contributed by atoms with E-state index in [1.165, 1.54) is 12.7 Å². The monoisotopic (exact) mass is 213 g/mol. The summed E-state index contributed by atoms with van der Waals surface area (Å²) in [4.78, 5) is 0. The molecule has 1 nitrogen and oxygen atoms in total. The maximum Gasteiger partial charge on any atom is 0.157 e. The van der Waals surface area contributed by atoms with Gasteiger partial charge in [0.25, 0.3) is 0 Å². The standard InChI is InChI=1S/C10H26B2NP/c1-9(2,3)14(10(4,5)6)8-7-13-12-11/h12-13H,7-8,11H2,1-6H3. The summed E-state index contributed by atoms with van der Waals surface area (Å²) in [6, 6.07) is 0. The van der Waals surface area contributed by atoms with E-state index in [2.05, 4.69) is 54.5 Å². The molecule has 0 rings (SSSR count). The van der Waals surface area contributed by atoms with E-state index in [0.717, 1.165) is 7.31 Å². The molecule has 4 heteroatoms. The lowest BCUT2D eigenvalue weighted by Gasteiger charge is -2.41. The van der Waals surface area contributed by atoms with Crippen LogP contribution in [0, 0.1) is 0 Å². The quantitative estimate of drug-likeness (QED) is 0.424. The van der Waals surface area contributed by atoms with Gasteiger partial charge in [-0.05, 0) is 23.0 Å². The van der Waals surface area contributed by atoms with Gasteiger partial charge in [-0.25, -0.2) is 0 Å². The third kappa shape index (κ3) is 5.41. The topological polar surface area (TPSA) is 12.0 Å². The zero-order valence-electron chi connectivity index (χ0n) is 11.1. The summed E-state index contributed by atoms with van der Waals surface area (Å²) in [7, 11) is 3.35. The Morgan fingerprint density at radius 3 is 1.79 bits per heavy atom. The summed E-state index contributed by atoms with van der Waals surface area (Å²) in [5.74, 6) is 0. The summed E-state index contributed by atoms with van der Waals surface area (Å²) >= 11 is 0. The fourth-order valence-corrected chi connectivity index (χ4v) is 5.78. The van der Waals surface area contributed by atoms with Gasteiger partial charge in [0.15, 0.2) is 7.31 Å². The number of hydrogen-bond donors (Lipinski definition) is 1. The Morgan fingerprint density at radius 1 is 1.07 bits per heavy atom. The number of rotatable bonds is 4. The number of hydrogen-bond acceptors (Lipinski definition) is 1. The normalized spacial score (nSPS) is 13.4. The highest BCUT2D eigenvalue weighted by molar-refractivity contribution is 7.60. The van der Waals surface area contributed by atoms with E-state index in [-0.39, 0.29) is 7.92 Å². The third-order valence-corrected chi connectivity index (χ3v) is 6.29. The molecule has 0 saturated carbocycles. The smallest absolute Gasteiger partial charge is 0.157 e. The van der Waals surface area contributed by atoms with E-state index in [1.807, 2.05) is 0 Å². The molecular formula is C10H26B2NP. The molecule has 0 aliphatic carbocycles. The molecule has 0 aromatic carbocycles. The summed E-state index contributed by atoms with van der Waals surface area (Å²) in [5, 5.41) is 4.39. The van der Waals surface area contributed by atoms with E-state index in [4.69, 9.17) is 0 Å². The average molecular weight is 213 g/mol. The predicted octanol–water partition coefficient (Wildman–Crippen LogP) is 1.55. The van der Waals surface area contributed by atoms with Crippen LogP contribution in [-0.2, 0) is 0 Å². The fourth-order valence-electron chi connectivity index (χ4n) is 2.04.